The molecule has 7 heteroatoms. The maximum Gasteiger partial charge on any atom is 0.230 e. The van der Waals surface area contributed by atoms with E-state index in [9.17, 15) is 4.79 Å². The number of aromatic nitrogens is 2. The van der Waals surface area contributed by atoms with E-state index < -0.39 is 0 Å². The zero-order chi connectivity index (χ0) is 19.5. The Bertz CT molecular complexity index is 757. The fourth-order valence-electron chi connectivity index (χ4n) is 3.77. The molecule has 2 heterocycles. The van der Waals surface area contributed by atoms with Gasteiger partial charge in [0.25, 0.3) is 0 Å². The van der Waals surface area contributed by atoms with Gasteiger partial charge in [-0.3, -0.25) is 4.79 Å². The molecule has 0 unspecified atom stereocenters. The van der Waals surface area contributed by atoms with Gasteiger partial charge in [0.05, 0.1) is 19.6 Å². The average molecular weight is 403 g/mol. The van der Waals surface area contributed by atoms with Crippen LogP contribution in [0.1, 0.15) is 49.9 Å². The van der Waals surface area contributed by atoms with E-state index >= 15 is 0 Å². The summed E-state index contributed by atoms with van der Waals surface area (Å²) < 4.78 is 5.36. The number of morpholine rings is 1. The first-order valence-electron chi connectivity index (χ1n) is 10.4. The third kappa shape index (κ3) is 4.69. The molecule has 0 N–H and O–H groups in total. The number of rotatable bonds is 6. The first-order chi connectivity index (χ1) is 13.6. The summed E-state index contributed by atoms with van der Waals surface area (Å²) in [5.74, 6) is 1.73. The van der Waals surface area contributed by atoms with Gasteiger partial charge in [-0.15, -0.1) is 0 Å². The van der Waals surface area contributed by atoms with Gasteiger partial charge in [0, 0.05) is 31.7 Å². The number of carbonyl (C=O) groups is 1. The molecule has 0 spiro atoms. The third-order valence-electron chi connectivity index (χ3n) is 5.70. The second-order valence-corrected chi connectivity index (χ2v) is 9.04. The maximum atomic E-state index is 12.7. The second-order valence-electron chi connectivity index (χ2n) is 7.92. The SMILES string of the molecule is Cc1c(SC2=CCCCC2)nc(CC(=O)N2CCOCC2)nc1N(C)C1CC1. The molecule has 1 saturated heterocycles. The van der Waals surface area contributed by atoms with E-state index in [1.165, 1.54) is 30.6 Å². The molecule has 0 aromatic carbocycles. The minimum absolute atomic E-state index is 0.0972. The van der Waals surface area contributed by atoms with Crippen molar-refractivity contribution >= 4 is 23.5 Å². The lowest BCUT2D eigenvalue weighted by Gasteiger charge is -2.27. The molecule has 2 fully saturated rings. The molecule has 28 heavy (non-hydrogen) atoms. The largest absolute Gasteiger partial charge is 0.378 e. The molecule has 1 amide bonds. The predicted molar refractivity (Wildman–Crippen MR) is 112 cm³/mol. The minimum Gasteiger partial charge on any atom is -0.378 e. The topological polar surface area (TPSA) is 58.6 Å². The number of anilines is 1. The molecule has 1 aromatic rings. The molecule has 0 bridgehead atoms. The number of thioether (sulfide) groups is 1. The molecular weight excluding hydrogens is 372 g/mol. The summed E-state index contributed by atoms with van der Waals surface area (Å²) in [4.78, 5) is 27.9. The number of hydrogen-bond donors (Lipinski definition) is 0. The van der Waals surface area contributed by atoms with Crippen LogP contribution in [-0.2, 0) is 16.0 Å². The number of ether oxygens (including phenoxy) is 1. The van der Waals surface area contributed by atoms with Crippen LogP contribution in [0, 0.1) is 6.92 Å². The minimum atomic E-state index is 0.0972. The van der Waals surface area contributed by atoms with Crippen molar-refractivity contribution in [3.8, 4) is 0 Å². The van der Waals surface area contributed by atoms with Gasteiger partial charge in [-0.05, 0) is 50.4 Å². The van der Waals surface area contributed by atoms with Crippen molar-refractivity contribution in [2.75, 3.05) is 38.3 Å². The fraction of sp³-hybridized carbons (Fsp3) is 0.667. The van der Waals surface area contributed by atoms with Crippen LogP contribution in [0.5, 0.6) is 0 Å². The predicted octanol–water partition coefficient (Wildman–Crippen LogP) is 3.33. The number of hydrogen-bond acceptors (Lipinski definition) is 6. The van der Waals surface area contributed by atoms with Gasteiger partial charge in [-0.1, -0.05) is 17.8 Å². The smallest absolute Gasteiger partial charge is 0.230 e. The Labute approximate surface area is 171 Å². The molecule has 0 radical (unpaired) electrons. The highest BCUT2D eigenvalue weighted by Gasteiger charge is 2.30. The number of carbonyl (C=O) groups excluding carboxylic acids is 1. The molecule has 4 rings (SSSR count). The van der Waals surface area contributed by atoms with Gasteiger partial charge in [0.15, 0.2) is 0 Å². The molecule has 0 atom stereocenters. The van der Waals surface area contributed by atoms with Crippen molar-refractivity contribution < 1.29 is 9.53 Å². The van der Waals surface area contributed by atoms with Crippen LogP contribution in [0.15, 0.2) is 16.0 Å². The average Bonchev–Trinajstić information content (AvgIpc) is 3.56. The van der Waals surface area contributed by atoms with Crippen LogP contribution in [-0.4, -0.2) is 60.2 Å². The van der Waals surface area contributed by atoms with Crippen molar-refractivity contribution in [1.29, 1.82) is 0 Å². The summed E-state index contributed by atoms with van der Waals surface area (Å²) in [6.45, 7) is 4.67. The van der Waals surface area contributed by atoms with Crippen LogP contribution in [0.25, 0.3) is 0 Å². The monoisotopic (exact) mass is 402 g/mol. The Morgan fingerprint density at radius 2 is 2.07 bits per heavy atom. The van der Waals surface area contributed by atoms with Gasteiger partial charge in [0.2, 0.25) is 5.91 Å². The standard InChI is InChI=1S/C21H30N4O2S/c1-15-20(24(2)16-8-9-16)22-18(14-19(26)25-10-12-27-13-11-25)23-21(15)28-17-6-4-3-5-7-17/h6,16H,3-5,7-14H2,1-2H3. The number of allylic oxidation sites excluding steroid dienone is 2. The summed E-state index contributed by atoms with van der Waals surface area (Å²) in [5.41, 5.74) is 1.13. The lowest BCUT2D eigenvalue weighted by molar-refractivity contribution is -0.134. The van der Waals surface area contributed by atoms with Gasteiger partial charge in [-0.25, -0.2) is 9.97 Å². The van der Waals surface area contributed by atoms with Crippen LogP contribution < -0.4 is 4.90 Å². The quantitative estimate of drug-likeness (QED) is 0.680. The lowest BCUT2D eigenvalue weighted by Crippen LogP contribution is -2.41. The van der Waals surface area contributed by atoms with Crippen molar-refractivity contribution in [3.63, 3.8) is 0 Å². The molecule has 6 nitrogen and oxygen atoms in total. The molecule has 152 valence electrons. The molecule has 1 saturated carbocycles. The first kappa shape index (κ1) is 19.7. The van der Waals surface area contributed by atoms with Gasteiger partial charge in [-0.2, -0.15) is 0 Å². The Hall–Kier alpha value is -1.60. The molecular formula is C21H30N4O2S. The molecule has 2 aliphatic carbocycles. The van der Waals surface area contributed by atoms with Crippen LogP contribution in [0.3, 0.4) is 0 Å². The molecule has 1 aromatic heterocycles. The van der Waals surface area contributed by atoms with Crippen molar-refractivity contribution in [2.24, 2.45) is 0 Å². The van der Waals surface area contributed by atoms with Crippen LogP contribution >= 0.6 is 11.8 Å². The van der Waals surface area contributed by atoms with E-state index in [4.69, 9.17) is 14.7 Å². The molecule has 3 aliphatic rings. The van der Waals surface area contributed by atoms with Crippen LogP contribution in [0.4, 0.5) is 5.82 Å². The van der Waals surface area contributed by atoms with Crippen molar-refractivity contribution in [1.82, 2.24) is 14.9 Å². The van der Waals surface area contributed by atoms with Gasteiger partial charge in [0.1, 0.15) is 16.7 Å². The van der Waals surface area contributed by atoms with Gasteiger partial charge < -0.3 is 14.5 Å². The van der Waals surface area contributed by atoms with E-state index in [1.807, 2.05) is 4.90 Å². The zero-order valence-electron chi connectivity index (χ0n) is 16.9. The Kier molecular flexibility index (Phi) is 6.21. The van der Waals surface area contributed by atoms with E-state index in [2.05, 4.69) is 24.9 Å². The van der Waals surface area contributed by atoms with Crippen LogP contribution in [0.2, 0.25) is 0 Å². The Balaban J connectivity index is 1.58. The summed E-state index contributed by atoms with van der Waals surface area (Å²) in [7, 11) is 2.12. The Morgan fingerprint density at radius 1 is 1.29 bits per heavy atom. The number of amides is 1. The highest BCUT2D eigenvalue weighted by atomic mass is 32.2. The zero-order valence-corrected chi connectivity index (χ0v) is 17.8. The highest BCUT2D eigenvalue weighted by molar-refractivity contribution is 8.03. The second kappa shape index (κ2) is 8.82. The Morgan fingerprint density at radius 3 is 2.75 bits per heavy atom. The maximum absolute atomic E-state index is 12.7. The van der Waals surface area contributed by atoms with E-state index in [0.29, 0.717) is 38.2 Å². The summed E-state index contributed by atoms with van der Waals surface area (Å²) >= 11 is 1.77. The summed E-state index contributed by atoms with van der Waals surface area (Å²) in [6.07, 6.45) is 9.86. The lowest BCUT2D eigenvalue weighted by atomic mass is 10.1. The van der Waals surface area contributed by atoms with E-state index in [1.54, 1.807) is 11.8 Å². The van der Waals surface area contributed by atoms with Gasteiger partial charge >= 0.3 is 0 Å². The number of nitrogens with zero attached hydrogens (tertiary/aromatic N) is 4. The third-order valence-corrected chi connectivity index (χ3v) is 6.92. The van der Waals surface area contributed by atoms with Crippen molar-refractivity contribution in [2.45, 2.75) is 62.9 Å². The highest BCUT2D eigenvalue weighted by Crippen LogP contribution is 2.38. The normalized spacial score (nSPS) is 20.1. The fourth-order valence-corrected chi connectivity index (χ4v) is 4.86. The first-order valence-corrected chi connectivity index (χ1v) is 11.3. The van der Waals surface area contributed by atoms with E-state index in [-0.39, 0.29) is 12.3 Å². The summed E-state index contributed by atoms with van der Waals surface area (Å²) in [5, 5.41) is 1.01. The molecule has 1 aliphatic heterocycles. The summed E-state index contributed by atoms with van der Waals surface area (Å²) in [6, 6.07) is 0.572. The van der Waals surface area contributed by atoms with E-state index in [0.717, 1.165) is 29.2 Å². The van der Waals surface area contributed by atoms with Crippen molar-refractivity contribution in [3.05, 3.63) is 22.4 Å².